The van der Waals surface area contributed by atoms with E-state index < -0.39 is 13.6 Å². The number of hydrogen-bond donors (Lipinski definition) is 5. The van der Waals surface area contributed by atoms with Crippen molar-refractivity contribution < 1.29 is 19.1 Å². The average molecular weight is 371 g/mol. The van der Waals surface area contributed by atoms with Gasteiger partial charge in [-0.2, -0.15) is 0 Å². The van der Waals surface area contributed by atoms with Crippen molar-refractivity contribution in [2.24, 2.45) is 7.05 Å². The van der Waals surface area contributed by atoms with Gasteiger partial charge in [-0.25, -0.2) is 9.48 Å². The molecule has 0 spiro atoms. The highest BCUT2D eigenvalue weighted by molar-refractivity contribution is 7.80. The number of benzene rings is 1. The Kier molecular flexibility index (Phi) is 6.00. The summed E-state index contributed by atoms with van der Waals surface area (Å²) in [6, 6.07) is 6.65. The molecule has 0 saturated carbocycles. The van der Waals surface area contributed by atoms with Crippen LogP contribution in [0.25, 0.3) is 11.3 Å². The third-order valence-corrected chi connectivity index (χ3v) is 4.31. The normalized spacial score (nSPS) is 11.3. The lowest BCUT2D eigenvalue weighted by Crippen LogP contribution is -2.29. The van der Waals surface area contributed by atoms with Crippen LogP contribution in [0.3, 0.4) is 0 Å². The van der Waals surface area contributed by atoms with Gasteiger partial charge in [0.25, 0.3) is 0 Å². The van der Waals surface area contributed by atoms with Crippen molar-refractivity contribution in [3.8, 4) is 11.3 Å². The summed E-state index contributed by atoms with van der Waals surface area (Å²) in [7, 11) is -2.28. The van der Waals surface area contributed by atoms with Crippen LogP contribution in [0.5, 0.6) is 0 Å². The summed E-state index contributed by atoms with van der Waals surface area (Å²) < 4.78 is 12.3. The molecule has 0 unspecified atom stereocenters. The molecule has 2 aromatic rings. The van der Waals surface area contributed by atoms with Gasteiger partial charge < -0.3 is 20.4 Å². The van der Waals surface area contributed by atoms with Crippen LogP contribution in [0.1, 0.15) is 6.42 Å². The van der Waals surface area contributed by atoms with Gasteiger partial charge in [0.15, 0.2) is 0 Å². The van der Waals surface area contributed by atoms with Crippen molar-refractivity contribution in [1.29, 1.82) is 0 Å². The first kappa shape index (κ1) is 18.5. The van der Waals surface area contributed by atoms with Crippen LogP contribution in [0.15, 0.2) is 29.3 Å². The molecule has 0 saturated heterocycles. The van der Waals surface area contributed by atoms with E-state index in [1.165, 1.54) is 0 Å². The Balaban J connectivity index is 1.95. The molecule has 0 aliphatic carbocycles. The van der Waals surface area contributed by atoms with Gasteiger partial charge in [0.05, 0.1) is 6.16 Å². The molecule has 0 radical (unpaired) electrons. The van der Waals surface area contributed by atoms with Gasteiger partial charge in [-0.3, -0.25) is 4.57 Å². The number of rotatable bonds is 6. The molecule has 11 heteroatoms. The second-order valence-corrected chi connectivity index (χ2v) is 7.29. The molecular formula is C13H18N5O4PS. The number of aromatic nitrogens is 3. The van der Waals surface area contributed by atoms with E-state index in [0.29, 0.717) is 10.7 Å². The summed E-state index contributed by atoms with van der Waals surface area (Å²) in [5.74, 6) is 0. The number of carbonyl (C=O) groups is 1. The molecule has 9 nitrogen and oxygen atoms in total. The fourth-order valence-corrected chi connectivity index (χ4v) is 2.95. The number of carbonyl (C=O) groups excluding carboxylic acids is 1. The molecule has 0 bridgehead atoms. The van der Waals surface area contributed by atoms with Crippen molar-refractivity contribution in [3.63, 3.8) is 0 Å². The maximum absolute atomic E-state index is 11.8. The lowest BCUT2D eigenvalue weighted by Gasteiger charge is -2.09. The van der Waals surface area contributed by atoms with Gasteiger partial charge >= 0.3 is 13.6 Å². The van der Waals surface area contributed by atoms with E-state index in [0.717, 1.165) is 11.3 Å². The van der Waals surface area contributed by atoms with Gasteiger partial charge in [0.1, 0.15) is 10.7 Å². The van der Waals surface area contributed by atoms with E-state index in [-0.39, 0.29) is 19.1 Å². The van der Waals surface area contributed by atoms with Crippen molar-refractivity contribution >= 4 is 31.9 Å². The number of nitrogens with one attached hydrogen (secondary N) is 2. The zero-order chi connectivity index (χ0) is 17.7. The molecule has 0 atom stereocenters. The summed E-state index contributed by atoms with van der Waals surface area (Å²) in [4.78, 5) is 29.3. The lowest BCUT2D eigenvalue weighted by atomic mass is 10.1. The molecule has 1 aromatic heterocycles. The fraction of sp³-hybridized carbons (Fsp3) is 0.308. The van der Waals surface area contributed by atoms with Crippen molar-refractivity contribution in [2.45, 2.75) is 11.4 Å². The molecular weight excluding hydrogens is 353 g/mol. The topological polar surface area (TPSA) is 129 Å². The first-order chi connectivity index (χ1) is 11.3. The summed E-state index contributed by atoms with van der Waals surface area (Å²) in [5, 5.41) is 13.4. The molecule has 0 aliphatic heterocycles. The highest BCUT2D eigenvalue weighted by atomic mass is 32.1. The van der Waals surface area contributed by atoms with Crippen LogP contribution in [0, 0.1) is 0 Å². The Morgan fingerprint density at radius 3 is 2.79 bits per heavy atom. The number of thiol groups is 1. The molecule has 1 aromatic carbocycles. The summed E-state index contributed by atoms with van der Waals surface area (Å²) >= 11 is 4.26. The predicted molar refractivity (Wildman–Crippen MR) is 92.2 cm³/mol. The molecule has 2 amide bonds. The van der Waals surface area contributed by atoms with Crippen LogP contribution in [-0.2, 0) is 11.6 Å². The SMILES string of the molecule is Cn1nnc(S)c1-c1cccc(NC(=O)NCCCP(=O)(O)O)c1. The van der Waals surface area contributed by atoms with E-state index in [1.807, 2.05) is 6.07 Å². The maximum atomic E-state index is 11.8. The Hall–Kier alpha value is -1.87. The largest absolute Gasteiger partial charge is 0.338 e. The summed E-state index contributed by atoms with van der Waals surface area (Å²) in [6.07, 6.45) is -0.0670. The van der Waals surface area contributed by atoms with Crippen molar-refractivity contribution in [1.82, 2.24) is 20.3 Å². The third kappa shape index (κ3) is 5.34. The van der Waals surface area contributed by atoms with Gasteiger partial charge in [0, 0.05) is 24.8 Å². The van der Waals surface area contributed by atoms with Crippen molar-refractivity contribution in [3.05, 3.63) is 24.3 Å². The Morgan fingerprint density at radius 2 is 2.17 bits per heavy atom. The minimum absolute atomic E-state index is 0.170. The van der Waals surface area contributed by atoms with Crippen LogP contribution in [-0.4, -0.2) is 43.5 Å². The molecule has 4 N–H and O–H groups in total. The average Bonchev–Trinajstić information content (AvgIpc) is 2.82. The Bertz CT molecular complexity index is 756. The van der Waals surface area contributed by atoms with Crippen LogP contribution >= 0.6 is 20.2 Å². The first-order valence-corrected chi connectivity index (χ1v) is 9.29. The summed E-state index contributed by atoms with van der Waals surface area (Å²) in [5.41, 5.74) is 2.09. The van der Waals surface area contributed by atoms with E-state index in [9.17, 15) is 9.36 Å². The molecule has 0 fully saturated rings. The zero-order valence-corrected chi connectivity index (χ0v) is 14.7. The third-order valence-electron chi connectivity index (χ3n) is 3.11. The van der Waals surface area contributed by atoms with Crippen molar-refractivity contribution in [2.75, 3.05) is 18.0 Å². The lowest BCUT2D eigenvalue weighted by molar-refractivity contribution is 0.252. The smallest absolute Gasteiger partial charge is 0.325 e. The number of nitrogens with zero attached hydrogens (tertiary/aromatic N) is 3. The van der Waals surface area contributed by atoms with Gasteiger partial charge in [-0.15, -0.1) is 17.7 Å². The zero-order valence-electron chi connectivity index (χ0n) is 12.9. The standard InChI is InChI=1S/C13H18N5O4PS/c1-18-11(12(24)16-17-18)9-4-2-5-10(8-9)15-13(19)14-6-3-7-23(20,21)22/h2,4-5,8,24H,3,6-7H2,1H3,(H2,14,15,19)(H2,20,21,22). The maximum Gasteiger partial charge on any atom is 0.325 e. The second kappa shape index (κ2) is 7.80. The first-order valence-electron chi connectivity index (χ1n) is 7.05. The highest BCUT2D eigenvalue weighted by Crippen LogP contribution is 2.34. The monoisotopic (exact) mass is 371 g/mol. The number of anilines is 1. The number of aryl methyl sites for hydroxylation is 1. The van der Waals surface area contributed by atoms with Gasteiger partial charge in [-0.05, 0) is 18.6 Å². The molecule has 130 valence electrons. The van der Waals surface area contributed by atoms with Crippen LogP contribution in [0.2, 0.25) is 0 Å². The number of amides is 2. The second-order valence-electron chi connectivity index (χ2n) is 5.09. The number of urea groups is 1. The van der Waals surface area contributed by atoms with E-state index in [2.05, 4.69) is 33.6 Å². The molecule has 24 heavy (non-hydrogen) atoms. The van der Waals surface area contributed by atoms with Gasteiger partial charge in [0.2, 0.25) is 0 Å². The summed E-state index contributed by atoms with van der Waals surface area (Å²) in [6.45, 7) is 0.170. The Labute approximate surface area is 144 Å². The minimum atomic E-state index is -4.03. The van der Waals surface area contributed by atoms with E-state index >= 15 is 0 Å². The van der Waals surface area contributed by atoms with Gasteiger partial charge in [-0.1, -0.05) is 17.3 Å². The highest BCUT2D eigenvalue weighted by Gasteiger charge is 2.13. The Morgan fingerprint density at radius 1 is 1.42 bits per heavy atom. The fourth-order valence-electron chi connectivity index (χ4n) is 2.07. The minimum Gasteiger partial charge on any atom is -0.338 e. The number of hydrogen-bond acceptors (Lipinski definition) is 5. The molecule has 2 rings (SSSR count). The quantitative estimate of drug-likeness (QED) is 0.297. The predicted octanol–water partition coefficient (Wildman–Crippen LogP) is 1.46. The van der Waals surface area contributed by atoms with E-state index in [4.69, 9.17) is 9.79 Å². The molecule has 1 heterocycles. The van der Waals surface area contributed by atoms with Crippen LogP contribution < -0.4 is 10.6 Å². The molecule has 0 aliphatic rings. The van der Waals surface area contributed by atoms with E-state index in [1.54, 1.807) is 29.9 Å². The van der Waals surface area contributed by atoms with Crippen LogP contribution in [0.4, 0.5) is 10.5 Å².